The molecule has 0 heterocycles. The van der Waals surface area contributed by atoms with Crippen LogP contribution >= 0.6 is 0 Å². The second kappa shape index (κ2) is 6.01. The molecule has 0 rings (SSSR count). The molecule has 0 aromatic rings. The minimum Gasteiger partial charge on any atom is -0.465 e. The number of unbranched alkanes of at least 4 members (excludes halogenated alkanes) is 1. The minimum absolute atomic E-state index is 0.0362. The Morgan fingerprint density at radius 1 is 1.23 bits per heavy atom. The molecule has 0 saturated heterocycles. The molecule has 0 aliphatic heterocycles. The molecule has 0 radical (unpaired) electrons. The zero-order valence-corrected chi connectivity index (χ0v) is 9.35. The third kappa shape index (κ3) is 3.79. The molecule has 0 aliphatic rings. The zero-order chi connectivity index (χ0) is 10.3. The average molecular weight is 186 g/mol. The second-order valence-electron chi connectivity index (χ2n) is 3.76. The van der Waals surface area contributed by atoms with Gasteiger partial charge in [-0.3, -0.25) is 4.79 Å². The highest BCUT2D eigenvalue weighted by Gasteiger charge is 2.30. The molecule has 0 fully saturated rings. The Kier molecular flexibility index (Phi) is 5.76. The standard InChI is InChI=1S/C11H22O2/c1-5-8-9-13-10(12)11(4,6-2)7-3/h5-9H2,1-4H3. The Morgan fingerprint density at radius 3 is 2.15 bits per heavy atom. The molecule has 0 aliphatic carbocycles. The Labute approximate surface area is 81.7 Å². The average Bonchev–Trinajstić information content (AvgIpc) is 2.17. The summed E-state index contributed by atoms with van der Waals surface area (Å²) in [5.41, 5.74) is -0.270. The van der Waals surface area contributed by atoms with E-state index in [1.54, 1.807) is 0 Å². The van der Waals surface area contributed by atoms with Crippen LogP contribution in [0, 0.1) is 5.41 Å². The van der Waals surface area contributed by atoms with E-state index in [4.69, 9.17) is 4.74 Å². The molecular weight excluding hydrogens is 164 g/mol. The summed E-state index contributed by atoms with van der Waals surface area (Å²) in [7, 11) is 0. The Hall–Kier alpha value is -0.530. The van der Waals surface area contributed by atoms with Crippen LogP contribution in [0.4, 0.5) is 0 Å². The maximum Gasteiger partial charge on any atom is 0.311 e. The summed E-state index contributed by atoms with van der Waals surface area (Å²) in [6.07, 6.45) is 3.75. The normalized spacial score (nSPS) is 11.4. The first-order valence-electron chi connectivity index (χ1n) is 5.28. The van der Waals surface area contributed by atoms with E-state index in [0.29, 0.717) is 6.61 Å². The fourth-order valence-electron chi connectivity index (χ4n) is 1.02. The molecule has 2 nitrogen and oxygen atoms in total. The molecule has 0 saturated carbocycles. The van der Waals surface area contributed by atoms with E-state index in [1.807, 2.05) is 20.8 Å². The molecule has 2 heteroatoms. The number of ether oxygens (including phenoxy) is 1. The fraction of sp³-hybridized carbons (Fsp3) is 0.909. The molecule has 0 amide bonds. The Morgan fingerprint density at radius 2 is 1.77 bits per heavy atom. The molecule has 0 aromatic carbocycles. The van der Waals surface area contributed by atoms with Crippen molar-refractivity contribution in [3.63, 3.8) is 0 Å². The maximum atomic E-state index is 11.6. The van der Waals surface area contributed by atoms with Crippen LogP contribution in [0.25, 0.3) is 0 Å². The van der Waals surface area contributed by atoms with Crippen LogP contribution in [-0.4, -0.2) is 12.6 Å². The van der Waals surface area contributed by atoms with Crippen molar-refractivity contribution in [3.8, 4) is 0 Å². The van der Waals surface area contributed by atoms with Gasteiger partial charge in [-0.25, -0.2) is 0 Å². The van der Waals surface area contributed by atoms with Crippen molar-refractivity contribution in [1.29, 1.82) is 0 Å². The lowest BCUT2D eigenvalue weighted by atomic mass is 9.85. The molecule has 0 spiro atoms. The predicted molar refractivity (Wildman–Crippen MR) is 54.6 cm³/mol. The predicted octanol–water partition coefficient (Wildman–Crippen LogP) is 3.16. The van der Waals surface area contributed by atoms with Crippen LogP contribution in [0.1, 0.15) is 53.4 Å². The van der Waals surface area contributed by atoms with Crippen LogP contribution in [0.3, 0.4) is 0 Å². The van der Waals surface area contributed by atoms with Gasteiger partial charge in [0.2, 0.25) is 0 Å². The number of esters is 1. The fourth-order valence-corrected chi connectivity index (χ4v) is 1.02. The van der Waals surface area contributed by atoms with E-state index < -0.39 is 0 Å². The van der Waals surface area contributed by atoms with Gasteiger partial charge in [0.1, 0.15) is 0 Å². The van der Waals surface area contributed by atoms with E-state index in [-0.39, 0.29) is 11.4 Å². The second-order valence-corrected chi connectivity index (χ2v) is 3.76. The summed E-state index contributed by atoms with van der Waals surface area (Å²) in [5.74, 6) is -0.0362. The lowest BCUT2D eigenvalue weighted by Crippen LogP contribution is -2.28. The van der Waals surface area contributed by atoms with Crippen molar-refractivity contribution >= 4 is 5.97 Å². The number of carbonyl (C=O) groups is 1. The van der Waals surface area contributed by atoms with Gasteiger partial charge >= 0.3 is 5.97 Å². The smallest absolute Gasteiger partial charge is 0.311 e. The van der Waals surface area contributed by atoms with Gasteiger partial charge in [0, 0.05) is 0 Å². The summed E-state index contributed by atoms with van der Waals surface area (Å²) < 4.78 is 5.19. The van der Waals surface area contributed by atoms with Gasteiger partial charge in [0.15, 0.2) is 0 Å². The van der Waals surface area contributed by atoms with Gasteiger partial charge < -0.3 is 4.74 Å². The van der Waals surface area contributed by atoms with Crippen molar-refractivity contribution in [2.24, 2.45) is 5.41 Å². The van der Waals surface area contributed by atoms with Crippen molar-refractivity contribution in [2.45, 2.75) is 53.4 Å². The number of hydrogen-bond acceptors (Lipinski definition) is 2. The summed E-state index contributed by atoms with van der Waals surface area (Å²) in [5, 5.41) is 0. The van der Waals surface area contributed by atoms with E-state index in [2.05, 4.69) is 6.92 Å². The highest BCUT2D eigenvalue weighted by atomic mass is 16.5. The zero-order valence-electron chi connectivity index (χ0n) is 9.35. The SMILES string of the molecule is CCCCOC(=O)C(C)(CC)CC. The third-order valence-corrected chi connectivity index (χ3v) is 2.78. The first kappa shape index (κ1) is 12.5. The highest BCUT2D eigenvalue weighted by Crippen LogP contribution is 2.26. The van der Waals surface area contributed by atoms with Crippen LogP contribution < -0.4 is 0 Å². The van der Waals surface area contributed by atoms with E-state index in [1.165, 1.54) is 0 Å². The molecular formula is C11H22O2. The largest absolute Gasteiger partial charge is 0.465 e. The summed E-state index contributed by atoms with van der Waals surface area (Å²) in [6.45, 7) is 8.70. The molecule has 0 unspecified atom stereocenters. The van der Waals surface area contributed by atoms with Crippen molar-refractivity contribution in [1.82, 2.24) is 0 Å². The summed E-state index contributed by atoms with van der Waals surface area (Å²) in [4.78, 5) is 11.6. The Bertz CT molecular complexity index is 148. The first-order valence-corrected chi connectivity index (χ1v) is 5.28. The van der Waals surface area contributed by atoms with Gasteiger partial charge in [0.25, 0.3) is 0 Å². The van der Waals surface area contributed by atoms with Crippen molar-refractivity contribution < 1.29 is 9.53 Å². The third-order valence-electron chi connectivity index (χ3n) is 2.78. The molecule has 0 aromatic heterocycles. The van der Waals surface area contributed by atoms with Gasteiger partial charge in [0.05, 0.1) is 12.0 Å². The molecule has 0 atom stereocenters. The first-order chi connectivity index (χ1) is 6.10. The molecule has 0 N–H and O–H groups in total. The molecule has 78 valence electrons. The van der Waals surface area contributed by atoms with Crippen LogP contribution in [0.15, 0.2) is 0 Å². The van der Waals surface area contributed by atoms with Crippen molar-refractivity contribution in [3.05, 3.63) is 0 Å². The monoisotopic (exact) mass is 186 g/mol. The van der Waals surface area contributed by atoms with E-state index in [9.17, 15) is 4.79 Å². The minimum atomic E-state index is -0.270. The number of rotatable bonds is 6. The molecule has 0 bridgehead atoms. The van der Waals surface area contributed by atoms with Crippen molar-refractivity contribution in [2.75, 3.05) is 6.61 Å². The highest BCUT2D eigenvalue weighted by molar-refractivity contribution is 5.76. The lowest BCUT2D eigenvalue weighted by Gasteiger charge is -2.23. The number of carbonyl (C=O) groups excluding carboxylic acids is 1. The van der Waals surface area contributed by atoms with Crippen LogP contribution in [0.2, 0.25) is 0 Å². The summed E-state index contributed by atoms with van der Waals surface area (Å²) in [6, 6.07) is 0. The van der Waals surface area contributed by atoms with E-state index in [0.717, 1.165) is 25.7 Å². The Balaban J connectivity index is 3.92. The van der Waals surface area contributed by atoms with Gasteiger partial charge in [-0.05, 0) is 26.2 Å². The summed E-state index contributed by atoms with van der Waals surface area (Å²) >= 11 is 0. The molecule has 13 heavy (non-hydrogen) atoms. The van der Waals surface area contributed by atoms with Crippen LogP contribution in [-0.2, 0) is 9.53 Å². The number of hydrogen-bond donors (Lipinski definition) is 0. The lowest BCUT2D eigenvalue weighted by molar-refractivity contribution is -0.155. The maximum absolute atomic E-state index is 11.6. The van der Waals surface area contributed by atoms with Gasteiger partial charge in [-0.1, -0.05) is 27.2 Å². The quantitative estimate of drug-likeness (QED) is 0.470. The van der Waals surface area contributed by atoms with Crippen LogP contribution in [0.5, 0.6) is 0 Å². The van der Waals surface area contributed by atoms with Gasteiger partial charge in [-0.2, -0.15) is 0 Å². The topological polar surface area (TPSA) is 26.3 Å². The van der Waals surface area contributed by atoms with E-state index >= 15 is 0 Å². The van der Waals surface area contributed by atoms with Gasteiger partial charge in [-0.15, -0.1) is 0 Å².